The van der Waals surface area contributed by atoms with Gasteiger partial charge in [-0.2, -0.15) is 5.26 Å². The van der Waals surface area contributed by atoms with E-state index >= 15 is 4.39 Å². The van der Waals surface area contributed by atoms with Crippen LogP contribution in [0.2, 0.25) is 0 Å². The highest BCUT2D eigenvalue weighted by atomic mass is 32.2. The topological polar surface area (TPSA) is 69.4 Å². The van der Waals surface area contributed by atoms with Gasteiger partial charge in [-0.25, -0.2) is 4.39 Å². The minimum absolute atomic E-state index is 0.130. The van der Waals surface area contributed by atoms with E-state index < -0.39 is 6.17 Å². The second-order valence-electron chi connectivity index (χ2n) is 9.11. The molecule has 1 fully saturated rings. The number of alkyl halides is 1. The normalized spacial score (nSPS) is 19.4. The van der Waals surface area contributed by atoms with Crippen molar-refractivity contribution in [1.82, 2.24) is 9.88 Å². The van der Waals surface area contributed by atoms with Crippen LogP contribution in [-0.2, 0) is 0 Å². The van der Waals surface area contributed by atoms with Gasteiger partial charge in [0, 0.05) is 41.9 Å². The first-order valence-electron chi connectivity index (χ1n) is 12.1. The second kappa shape index (κ2) is 12.3. The summed E-state index contributed by atoms with van der Waals surface area (Å²) in [4.78, 5) is 7.86. The summed E-state index contributed by atoms with van der Waals surface area (Å²) in [5, 5.41) is 19.9. The van der Waals surface area contributed by atoms with Gasteiger partial charge >= 0.3 is 0 Å². The number of pyridine rings is 1. The molecule has 0 bridgehead atoms. The molecule has 4 rings (SSSR count). The largest absolute Gasteiger partial charge is 0.497 e. The Morgan fingerprint density at radius 3 is 2.94 bits per heavy atom. The van der Waals surface area contributed by atoms with Crippen molar-refractivity contribution in [2.75, 3.05) is 39.1 Å². The number of aliphatic hydroxyl groups is 1. The quantitative estimate of drug-likeness (QED) is 0.369. The third kappa shape index (κ3) is 6.52. The average Bonchev–Trinajstić information content (AvgIpc) is 2.91. The number of benzene rings is 2. The lowest BCUT2D eigenvalue weighted by molar-refractivity contribution is 0.0672. The minimum atomic E-state index is -1.08. The van der Waals surface area contributed by atoms with Crippen LogP contribution in [0.4, 0.5) is 4.39 Å². The Bertz CT molecular complexity index is 1170. The Hall–Kier alpha value is -2.66. The lowest BCUT2D eigenvalue weighted by Gasteiger charge is -2.38. The van der Waals surface area contributed by atoms with Gasteiger partial charge in [-0.1, -0.05) is 6.07 Å². The molecule has 5 nitrogen and oxygen atoms in total. The number of nitrogens with zero attached hydrogens (tertiary/aromatic N) is 3. The number of nitriles is 1. The molecule has 0 amide bonds. The highest BCUT2D eigenvalue weighted by Gasteiger charge is 2.29. The van der Waals surface area contributed by atoms with E-state index in [9.17, 15) is 5.11 Å². The van der Waals surface area contributed by atoms with Crippen molar-refractivity contribution in [3.63, 3.8) is 0 Å². The van der Waals surface area contributed by atoms with Crippen LogP contribution in [0.15, 0.2) is 59.6 Å². The first-order valence-corrected chi connectivity index (χ1v) is 13.1. The van der Waals surface area contributed by atoms with E-state index in [1.54, 1.807) is 31.1 Å². The van der Waals surface area contributed by atoms with Crippen LogP contribution in [0.5, 0.6) is 5.75 Å². The van der Waals surface area contributed by atoms with Gasteiger partial charge in [-0.3, -0.25) is 4.98 Å². The standard InChI is InChI=1S/C28H32FN3O2S/c1-34-23-6-8-28-26(16-23)25(9-11-31-28)27(29)7-5-21-10-12-32(18-22(21)19-33)13-14-35-24-4-2-3-20(15-24)17-30/h2-4,6,8-9,11,15-16,21-22,27,33H,5,7,10,12-14,18-19H2,1H3/t21-,22-,27-/m1/s1. The maximum atomic E-state index is 15.4. The van der Waals surface area contributed by atoms with Crippen molar-refractivity contribution in [3.05, 3.63) is 65.9 Å². The Morgan fingerprint density at radius 1 is 1.26 bits per heavy atom. The summed E-state index contributed by atoms with van der Waals surface area (Å²) in [7, 11) is 1.61. The maximum Gasteiger partial charge on any atom is 0.126 e. The number of hydrogen-bond donors (Lipinski definition) is 1. The van der Waals surface area contributed by atoms with Crippen LogP contribution in [0.1, 0.15) is 36.6 Å². The van der Waals surface area contributed by atoms with Gasteiger partial charge in [0.05, 0.1) is 24.3 Å². The number of thioether (sulfide) groups is 1. The Balaban J connectivity index is 1.29. The summed E-state index contributed by atoms with van der Waals surface area (Å²) in [5.74, 6) is 2.11. The number of halogens is 1. The first-order chi connectivity index (χ1) is 17.1. The number of ether oxygens (including phenoxy) is 1. The minimum Gasteiger partial charge on any atom is -0.497 e. The van der Waals surface area contributed by atoms with Crippen molar-refractivity contribution in [2.45, 2.75) is 30.3 Å². The molecular weight excluding hydrogens is 461 g/mol. The second-order valence-corrected chi connectivity index (χ2v) is 10.3. The molecule has 1 aliphatic rings. The smallest absolute Gasteiger partial charge is 0.126 e. The lowest BCUT2D eigenvalue weighted by Crippen LogP contribution is -2.43. The fourth-order valence-electron chi connectivity index (χ4n) is 4.96. The summed E-state index contributed by atoms with van der Waals surface area (Å²) in [6.45, 7) is 2.87. The molecular formula is C28H32FN3O2S. The molecule has 1 saturated heterocycles. The molecule has 1 aliphatic heterocycles. The van der Waals surface area contributed by atoms with Crippen LogP contribution in [0.3, 0.4) is 0 Å². The van der Waals surface area contributed by atoms with E-state index in [1.165, 1.54) is 0 Å². The Kier molecular flexibility index (Phi) is 8.97. The maximum absolute atomic E-state index is 15.4. The van der Waals surface area contributed by atoms with Crippen molar-refractivity contribution >= 4 is 22.7 Å². The lowest BCUT2D eigenvalue weighted by atomic mass is 9.81. The van der Waals surface area contributed by atoms with E-state index in [-0.39, 0.29) is 12.5 Å². The molecule has 1 aromatic heterocycles. The molecule has 35 heavy (non-hydrogen) atoms. The predicted molar refractivity (Wildman–Crippen MR) is 138 cm³/mol. The van der Waals surface area contributed by atoms with E-state index in [0.717, 1.165) is 54.0 Å². The van der Waals surface area contributed by atoms with Gasteiger partial charge < -0.3 is 14.7 Å². The molecule has 1 N–H and O–H groups in total. The molecule has 0 radical (unpaired) electrons. The van der Waals surface area contributed by atoms with Gasteiger partial charge in [-0.15, -0.1) is 11.8 Å². The number of piperidine rings is 1. The summed E-state index contributed by atoms with van der Waals surface area (Å²) in [6.07, 6.45) is 2.75. The van der Waals surface area contributed by atoms with Gasteiger partial charge in [0.2, 0.25) is 0 Å². The highest BCUT2D eigenvalue weighted by molar-refractivity contribution is 7.99. The third-order valence-electron chi connectivity index (χ3n) is 6.96. The molecule has 2 heterocycles. The molecule has 2 aromatic carbocycles. The molecule has 0 aliphatic carbocycles. The zero-order chi connectivity index (χ0) is 24.6. The van der Waals surface area contributed by atoms with Crippen molar-refractivity contribution in [1.29, 1.82) is 5.26 Å². The molecule has 3 aromatic rings. The number of aromatic nitrogens is 1. The summed E-state index contributed by atoms with van der Waals surface area (Å²) in [5.41, 5.74) is 2.11. The fourth-order valence-corrected chi connectivity index (χ4v) is 5.93. The van der Waals surface area contributed by atoms with Gasteiger partial charge in [0.15, 0.2) is 0 Å². The Labute approximate surface area is 210 Å². The Morgan fingerprint density at radius 2 is 2.14 bits per heavy atom. The van der Waals surface area contributed by atoms with Crippen molar-refractivity contribution < 1.29 is 14.2 Å². The molecule has 7 heteroatoms. The van der Waals surface area contributed by atoms with E-state index in [0.29, 0.717) is 29.2 Å². The SMILES string of the molecule is COc1ccc2nccc([C@H](F)CC[C@@H]3CCN(CCSc4cccc(C#N)c4)C[C@@H]3CO)c2c1. The number of hydrogen-bond acceptors (Lipinski definition) is 6. The number of fused-ring (bicyclic) bond motifs is 1. The number of rotatable bonds is 10. The third-order valence-corrected chi connectivity index (χ3v) is 7.93. The molecule has 0 unspecified atom stereocenters. The predicted octanol–water partition coefficient (Wildman–Crippen LogP) is 5.63. The molecule has 0 spiro atoms. The van der Waals surface area contributed by atoms with Crippen molar-refractivity contribution in [2.24, 2.45) is 11.8 Å². The number of methoxy groups -OCH3 is 1. The van der Waals surface area contributed by atoms with E-state index in [1.807, 2.05) is 42.5 Å². The van der Waals surface area contributed by atoms with Crippen LogP contribution >= 0.6 is 11.8 Å². The monoisotopic (exact) mass is 493 g/mol. The number of likely N-dealkylation sites (tertiary alicyclic amines) is 1. The summed E-state index contributed by atoms with van der Waals surface area (Å²) < 4.78 is 20.7. The summed E-state index contributed by atoms with van der Waals surface area (Å²) >= 11 is 1.75. The average molecular weight is 494 g/mol. The first kappa shape index (κ1) is 25.4. The van der Waals surface area contributed by atoms with E-state index in [2.05, 4.69) is 16.0 Å². The zero-order valence-electron chi connectivity index (χ0n) is 20.1. The van der Waals surface area contributed by atoms with Gasteiger partial charge in [0.25, 0.3) is 0 Å². The molecule has 0 saturated carbocycles. The summed E-state index contributed by atoms with van der Waals surface area (Å²) in [6, 6.07) is 17.2. The van der Waals surface area contributed by atoms with Crippen LogP contribution in [0.25, 0.3) is 10.9 Å². The molecule has 184 valence electrons. The van der Waals surface area contributed by atoms with Gasteiger partial charge in [-0.05, 0) is 85.7 Å². The zero-order valence-corrected chi connectivity index (χ0v) is 20.9. The number of aliphatic hydroxyl groups excluding tert-OH is 1. The van der Waals surface area contributed by atoms with Crippen LogP contribution < -0.4 is 4.74 Å². The highest BCUT2D eigenvalue weighted by Crippen LogP contribution is 2.35. The molecule has 3 atom stereocenters. The van der Waals surface area contributed by atoms with Crippen molar-refractivity contribution in [3.8, 4) is 11.8 Å². The van der Waals surface area contributed by atoms with Gasteiger partial charge in [0.1, 0.15) is 11.9 Å². The fraction of sp³-hybridized carbons (Fsp3) is 0.429. The van der Waals surface area contributed by atoms with Crippen LogP contribution in [-0.4, -0.2) is 54.1 Å². The van der Waals surface area contributed by atoms with E-state index in [4.69, 9.17) is 10.00 Å². The van der Waals surface area contributed by atoms with Crippen LogP contribution in [0, 0.1) is 23.2 Å².